The highest BCUT2D eigenvalue weighted by Crippen LogP contribution is 2.29. The number of carbonyl (C=O) groups excluding carboxylic acids is 1. The standard InChI is InChI=1S/C23H23NO/c1-17-14-15-21(16-18(17)2)24(3)23(25)22(19-10-6-4-7-11-19)20-12-8-5-9-13-20/h4-16,22H,1-3H3. The van der Waals surface area contributed by atoms with E-state index in [0.717, 1.165) is 16.8 Å². The molecule has 0 heterocycles. The maximum Gasteiger partial charge on any atom is 0.238 e. The van der Waals surface area contributed by atoms with Crippen molar-refractivity contribution in [1.29, 1.82) is 0 Å². The summed E-state index contributed by atoms with van der Waals surface area (Å²) < 4.78 is 0. The fourth-order valence-electron chi connectivity index (χ4n) is 3.02. The molecule has 0 radical (unpaired) electrons. The second-order valence-electron chi connectivity index (χ2n) is 6.42. The van der Waals surface area contributed by atoms with Crippen molar-refractivity contribution in [3.05, 3.63) is 101 Å². The lowest BCUT2D eigenvalue weighted by Gasteiger charge is -2.25. The van der Waals surface area contributed by atoms with Crippen molar-refractivity contribution >= 4 is 11.6 Å². The van der Waals surface area contributed by atoms with Crippen LogP contribution < -0.4 is 4.90 Å². The number of anilines is 1. The molecule has 0 atom stereocenters. The summed E-state index contributed by atoms with van der Waals surface area (Å²) in [4.78, 5) is 15.1. The molecule has 0 aromatic heterocycles. The highest BCUT2D eigenvalue weighted by atomic mass is 16.2. The lowest BCUT2D eigenvalue weighted by molar-refractivity contribution is -0.118. The number of aryl methyl sites for hydroxylation is 2. The van der Waals surface area contributed by atoms with Gasteiger partial charge in [0.2, 0.25) is 5.91 Å². The fourth-order valence-corrected chi connectivity index (χ4v) is 3.02. The number of likely N-dealkylation sites (N-methyl/N-ethyl adjacent to an activating group) is 1. The molecule has 0 saturated heterocycles. The van der Waals surface area contributed by atoms with E-state index < -0.39 is 0 Å². The van der Waals surface area contributed by atoms with Crippen molar-refractivity contribution < 1.29 is 4.79 Å². The highest BCUT2D eigenvalue weighted by molar-refractivity contribution is 5.99. The van der Waals surface area contributed by atoms with Gasteiger partial charge in [0.15, 0.2) is 0 Å². The van der Waals surface area contributed by atoms with Gasteiger partial charge in [-0.1, -0.05) is 66.7 Å². The third kappa shape index (κ3) is 3.63. The zero-order valence-electron chi connectivity index (χ0n) is 14.9. The third-order valence-corrected chi connectivity index (χ3v) is 4.72. The van der Waals surface area contributed by atoms with E-state index in [-0.39, 0.29) is 11.8 Å². The summed E-state index contributed by atoms with van der Waals surface area (Å²) in [5.74, 6) is -0.241. The van der Waals surface area contributed by atoms with Crippen LogP contribution in [0.25, 0.3) is 0 Å². The number of hydrogen-bond donors (Lipinski definition) is 0. The van der Waals surface area contributed by atoms with Crippen LogP contribution in [0.1, 0.15) is 28.2 Å². The van der Waals surface area contributed by atoms with Crippen LogP contribution >= 0.6 is 0 Å². The fraction of sp³-hybridized carbons (Fsp3) is 0.174. The molecule has 0 aliphatic heterocycles. The van der Waals surface area contributed by atoms with Gasteiger partial charge in [0.05, 0.1) is 5.92 Å². The number of carbonyl (C=O) groups is 1. The van der Waals surface area contributed by atoms with Gasteiger partial charge in [-0.05, 0) is 48.2 Å². The van der Waals surface area contributed by atoms with Crippen LogP contribution in [0.3, 0.4) is 0 Å². The van der Waals surface area contributed by atoms with Gasteiger partial charge in [0, 0.05) is 12.7 Å². The normalized spacial score (nSPS) is 10.7. The maximum atomic E-state index is 13.4. The van der Waals surface area contributed by atoms with E-state index >= 15 is 0 Å². The van der Waals surface area contributed by atoms with Gasteiger partial charge in [-0.3, -0.25) is 4.79 Å². The van der Waals surface area contributed by atoms with Gasteiger partial charge >= 0.3 is 0 Å². The monoisotopic (exact) mass is 329 g/mol. The van der Waals surface area contributed by atoms with E-state index in [9.17, 15) is 4.79 Å². The lowest BCUT2D eigenvalue weighted by Crippen LogP contribution is -2.32. The van der Waals surface area contributed by atoms with E-state index in [1.54, 1.807) is 4.90 Å². The first-order valence-corrected chi connectivity index (χ1v) is 8.52. The van der Waals surface area contributed by atoms with Gasteiger partial charge in [-0.2, -0.15) is 0 Å². The van der Waals surface area contributed by atoms with Crippen LogP contribution in [0.2, 0.25) is 0 Å². The largest absolute Gasteiger partial charge is 0.315 e. The second-order valence-corrected chi connectivity index (χ2v) is 6.42. The molecular weight excluding hydrogens is 306 g/mol. The zero-order chi connectivity index (χ0) is 17.8. The molecule has 0 unspecified atom stereocenters. The Bertz CT molecular complexity index is 816. The first kappa shape index (κ1) is 17.0. The number of amides is 1. The molecule has 3 rings (SSSR count). The quantitative estimate of drug-likeness (QED) is 0.652. The molecule has 0 N–H and O–H groups in total. The summed E-state index contributed by atoms with van der Waals surface area (Å²) in [5, 5.41) is 0. The Morgan fingerprint density at radius 3 is 1.76 bits per heavy atom. The number of hydrogen-bond acceptors (Lipinski definition) is 1. The van der Waals surface area contributed by atoms with Crippen LogP contribution in [0, 0.1) is 13.8 Å². The van der Waals surface area contributed by atoms with Crippen LogP contribution in [0.5, 0.6) is 0 Å². The SMILES string of the molecule is Cc1ccc(N(C)C(=O)C(c2ccccc2)c2ccccc2)cc1C. The van der Waals surface area contributed by atoms with E-state index in [2.05, 4.69) is 26.0 Å². The Labute approximate surface area is 149 Å². The summed E-state index contributed by atoms with van der Waals surface area (Å²) >= 11 is 0. The van der Waals surface area contributed by atoms with Crippen molar-refractivity contribution in [1.82, 2.24) is 0 Å². The molecule has 3 aromatic rings. The van der Waals surface area contributed by atoms with Gasteiger partial charge in [-0.15, -0.1) is 0 Å². The predicted octanol–water partition coefficient (Wildman–Crippen LogP) is 5.10. The Hall–Kier alpha value is -2.87. The van der Waals surface area contributed by atoms with E-state index in [1.807, 2.05) is 73.8 Å². The summed E-state index contributed by atoms with van der Waals surface area (Å²) in [7, 11) is 1.85. The molecular formula is C23H23NO. The lowest BCUT2D eigenvalue weighted by atomic mass is 9.90. The predicted molar refractivity (Wildman–Crippen MR) is 104 cm³/mol. The van der Waals surface area contributed by atoms with Gasteiger partial charge in [0.25, 0.3) is 0 Å². The number of nitrogens with zero attached hydrogens (tertiary/aromatic N) is 1. The molecule has 0 fully saturated rings. The summed E-state index contributed by atoms with van der Waals surface area (Å²) in [5.41, 5.74) is 5.36. The van der Waals surface area contributed by atoms with Crippen LogP contribution in [-0.4, -0.2) is 13.0 Å². The van der Waals surface area contributed by atoms with Crippen molar-refractivity contribution in [2.75, 3.05) is 11.9 Å². The number of rotatable bonds is 4. The molecule has 1 amide bonds. The van der Waals surface area contributed by atoms with Gasteiger partial charge in [0.1, 0.15) is 0 Å². The smallest absolute Gasteiger partial charge is 0.238 e. The second kappa shape index (κ2) is 7.35. The summed E-state index contributed by atoms with van der Waals surface area (Å²) in [6, 6.07) is 26.1. The third-order valence-electron chi connectivity index (χ3n) is 4.72. The molecule has 0 bridgehead atoms. The molecule has 2 nitrogen and oxygen atoms in total. The minimum absolute atomic E-state index is 0.0700. The first-order valence-electron chi connectivity index (χ1n) is 8.52. The average molecular weight is 329 g/mol. The molecule has 0 aliphatic carbocycles. The molecule has 2 heteroatoms. The Morgan fingerprint density at radius 1 is 0.760 bits per heavy atom. The molecule has 0 spiro atoms. The number of benzene rings is 3. The average Bonchev–Trinajstić information content (AvgIpc) is 2.65. The maximum absolute atomic E-state index is 13.4. The molecule has 0 aliphatic rings. The minimum Gasteiger partial charge on any atom is -0.315 e. The molecule has 25 heavy (non-hydrogen) atoms. The Balaban J connectivity index is 2.01. The van der Waals surface area contributed by atoms with Gasteiger partial charge in [-0.25, -0.2) is 0 Å². The van der Waals surface area contributed by atoms with Crippen LogP contribution in [-0.2, 0) is 4.79 Å². The first-order chi connectivity index (χ1) is 12.1. The van der Waals surface area contributed by atoms with Crippen LogP contribution in [0.4, 0.5) is 5.69 Å². The molecule has 126 valence electrons. The highest BCUT2D eigenvalue weighted by Gasteiger charge is 2.26. The van der Waals surface area contributed by atoms with Crippen molar-refractivity contribution in [2.24, 2.45) is 0 Å². The van der Waals surface area contributed by atoms with Crippen molar-refractivity contribution in [2.45, 2.75) is 19.8 Å². The van der Waals surface area contributed by atoms with Gasteiger partial charge < -0.3 is 4.90 Å². The summed E-state index contributed by atoms with van der Waals surface area (Å²) in [6.45, 7) is 4.15. The van der Waals surface area contributed by atoms with Crippen LogP contribution in [0.15, 0.2) is 78.9 Å². The van der Waals surface area contributed by atoms with E-state index in [1.165, 1.54) is 11.1 Å². The van der Waals surface area contributed by atoms with E-state index in [0.29, 0.717) is 0 Å². The molecule has 3 aromatic carbocycles. The van der Waals surface area contributed by atoms with E-state index in [4.69, 9.17) is 0 Å². The Morgan fingerprint density at radius 2 is 1.28 bits per heavy atom. The Kier molecular flexibility index (Phi) is 4.99. The summed E-state index contributed by atoms with van der Waals surface area (Å²) in [6.07, 6.45) is 0. The minimum atomic E-state index is -0.311. The topological polar surface area (TPSA) is 20.3 Å². The molecule has 0 saturated carbocycles. The zero-order valence-corrected chi connectivity index (χ0v) is 14.9. The van der Waals surface area contributed by atoms with Crippen molar-refractivity contribution in [3.63, 3.8) is 0 Å². The van der Waals surface area contributed by atoms with Crippen molar-refractivity contribution in [3.8, 4) is 0 Å².